The van der Waals surface area contributed by atoms with Crippen molar-refractivity contribution in [2.24, 2.45) is 0 Å². The third-order valence-corrected chi connectivity index (χ3v) is 4.57. The summed E-state index contributed by atoms with van der Waals surface area (Å²) in [4.78, 5) is 26.6. The van der Waals surface area contributed by atoms with Crippen LogP contribution in [0.4, 0.5) is 5.69 Å². The van der Waals surface area contributed by atoms with Crippen molar-refractivity contribution >= 4 is 29.1 Å². The minimum atomic E-state index is -1.24. The third-order valence-electron chi connectivity index (χ3n) is 4.26. The highest BCUT2D eigenvalue weighted by atomic mass is 35.5. The minimum absolute atomic E-state index is 0.217. The summed E-state index contributed by atoms with van der Waals surface area (Å²) in [5.41, 5.74) is 1.77. The normalized spacial score (nSPS) is 19.7. The lowest BCUT2D eigenvalue weighted by molar-refractivity contribution is -0.128. The monoisotopic (exact) mass is 328 g/mol. The quantitative estimate of drug-likeness (QED) is 0.921. The van der Waals surface area contributed by atoms with Gasteiger partial charge in [0.05, 0.1) is 10.7 Å². The molecule has 1 N–H and O–H groups in total. The number of benzene rings is 2. The first-order valence-electron chi connectivity index (χ1n) is 7.31. The molecule has 0 saturated heterocycles. The second-order valence-corrected chi connectivity index (χ2v) is 6.15. The number of likely N-dealkylation sites (N-methyl/N-ethyl adjacent to an activating group) is 1. The van der Waals surface area contributed by atoms with Gasteiger partial charge in [0.2, 0.25) is 5.91 Å². The number of anilines is 1. The van der Waals surface area contributed by atoms with E-state index in [0.29, 0.717) is 16.3 Å². The van der Waals surface area contributed by atoms with Crippen LogP contribution in [0.2, 0.25) is 5.02 Å². The molecule has 5 heteroatoms. The van der Waals surface area contributed by atoms with E-state index in [4.69, 9.17) is 11.6 Å². The van der Waals surface area contributed by atoms with Gasteiger partial charge in [-0.3, -0.25) is 9.59 Å². The van der Waals surface area contributed by atoms with Gasteiger partial charge in [0.1, 0.15) is 0 Å². The lowest BCUT2D eigenvalue weighted by atomic mass is 9.81. The Hall–Kier alpha value is -2.33. The van der Waals surface area contributed by atoms with Crippen molar-refractivity contribution in [3.63, 3.8) is 0 Å². The zero-order valence-corrected chi connectivity index (χ0v) is 13.9. The van der Waals surface area contributed by atoms with Gasteiger partial charge in [-0.15, -0.1) is 0 Å². The number of halogens is 1. The van der Waals surface area contributed by atoms with E-state index in [9.17, 15) is 9.59 Å². The maximum Gasteiger partial charge on any atom is 0.262 e. The van der Waals surface area contributed by atoms with E-state index in [-0.39, 0.29) is 11.8 Å². The highest BCUT2D eigenvalue weighted by Gasteiger charge is 2.53. The maximum absolute atomic E-state index is 13.2. The smallest absolute Gasteiger partial charge is 0.262 e. The van der Waals surface area contributed by atoms with Crippen LogP contribution in [0.5, 0.6) is 0 Å². The van der Waals surface area contributed by atoms with Crippen LogP contribution in [0.1, 0.15) is 23.6 Å². The highest BCUT2D eigenvalue weighted by molar-refractivity contribution is 6.35. The van der Waals surface area contributed by atoms with E-state index in [2.05, 4.69) is 5.32 Å². The van der Waals surface area contributed by atoms with E-state index in [1.165, 1.54) is 11.8 Å². The number of fused-ring (bicyclic) bond motifs is 1. The third kappa shape index (κ3) is 2.13. The molecular weight excluding hydrogens is 312 g/mol. The molecule has 0 radical (unpaired) electrons. The molecule has 118 valence electrons. The second kappa shape index (κ2) is 5.39. The van der Waals surface area contributed by atoms with Crippen LogP contribution in [0.15, 0.2) is 42.5 Å². The molecule has 0 fully saturated rings. The first-order valence-corrected chi connectivity index (χ1v) is 7.69. The molecule has 2 aromatic carbocycles. The number of carbonyl (C=O) groups is 2. The molecule has 23 heavy (non-hydrogen) atoms. The van der Waals surface area contributed by atoms with Crippen molar-refractivity contribution in [2.75, 3.05) is 11.9 Å². The first-order chi connectivity index (χ1) is 10.9. The summed E-state index contributed by atoms with van der Waals surface area (Å²) >= 11 is 6.31. The Bertz CT molecular complexity index is 818. The van der Waals surface area contributed by atoms with Gasteiger partial charge in [0.15, 0.2) is 5.54 Å². The molecule has 2 aromatic rings. The molecule has 1 aliphatic heterocycles. The summed E-state index contributed by atoms with van der Waals surface area (Å²) in [7, 11) is 1.68. The van der Waals surface area contributed by atoms with Crippen molar-refractivity contribution < 1.29 is 9.59 Å². The van der Waals surface area contributed by atoms with Crippen LogP contribution in [0.25, 0.3) is 0 Å². The lowest BCUT2D eigenvalue weighted by Gasteiger charge is -2.31. The summed E-state index contributed by atoms with van der Waals surface area (Å²) < 4.78 is 0. The fraction of sp³-hybridized carbons (Fsp3) is 0.222. The van der Waals surface area contributed by atoms with Crippen LogP contribution in [0.3, 0.4) is 0 Å². The zero-order chi connectivity index (χ0) is 16.8. The molecule has 0 saturated carbocycles. The number of carbonyl (C=O) groups excluding carboxylic acids is 2. The van der Waals surface area contributed by atoms with Crippen LogP contribution in [0, 0.1) is 6.92 Å². The van der Waals surface area contributed by atoms with E-state index >= 15 is 0 Å². The van der Waals surface area contributed by atoms with Crippen molar-refractivity contribution in [1.82, 2.24) is 5.32 Å². The Labute approximate surface area is 140 Å². The van der Waals surface area contributed by atoms with Crippen molar-refractivity contribution in [3.05, 3.63) is 64.2 Å². The van der Waals surface area contributed by atoms with Crippen LogP contribution in [-0.4, -0.2) is 18.9 Å². The van der Waals surface area contributed by atoms with Crippen molar-refractivity contribution in [1.29, 1.82) is 0 Å². The van der Waals surface area contributed by atoms with Crippen LogP contribution >= 0.6 is 11.6 Å². The van der Waals surface area contributed by atoms with E-state index in [1.54, 1.807) is 19.2 Å². The van der Waals surface area contributed by atoms with Crippen molar-refractivity contribution in [2.45, 2.75) is 19.4 Å². The highest BCUT2D eigenvalue weighted by Crippen LogP contribution is 2.47. The largest absolute Gasteiger partial charge is 0.335 e. The number of para-hydroxylation sites is 1. The predicted octanol–water partition coefficient (Wildman–Crippen LogP) is 3.00. The molecule has 4 nitrogen and oxygen atoms in total. The van der Waals surface area contributed by atoms with Gasteiger partial charge in [0, 0.05) is 19.5 Å². The molecule has 1 aliphatic rings. The van der Waals surface area contributed by atoms with Gasteiger partial charge < -0.3 is 10.2 Å². The molecule has 0 aromatic heterocycles. The number of hydrogen-bond donors (Lipinski definition) is 1. The van der Waals surface area contributed by atoms with Crippen molar-refractivity contribution in [3.8, 4) is 0 Å². The number of hydrogen-bond acceptors (Lipinski definition) is 2. The zero-order valence-electron chi connectivity index (χ0n) is 13.2. The predicted molar refractivity (Wildman–Crippen MR) is 90.6 cm³/mol. The van der Waals surface area contributed by atoms with E-state index < -0.39 is 5.54 Å². The van der Waals surface area contributed by atoms with Gasteiger partial charge in [-0.2, -0.15) is 0 Å². The van der Waals surface area contributed by atoms with Gasteiger partial charge in [-0.05, 0) is 24.1 Å². The SMILES string of the molecule is CC(=O)NC1(c2ccccc2C)C(=O)N(C)c2c(Cl)cccc21. The average molecular weight is 329 g/mol. The molecule has 0 spiro atoms. The molecule has 0 bridgehead atoms. The Morgan fingerprint density at radius 1 is 1.13 bits per heavy atom. The minimum Gasteiger partial charge on any atom is -0.335 e. The second-order valence-electron chi connectivity index (χ2n) is 5.75. The Morgan fingerprint density at radius 3 is 2.43 bits per heavy atom. The Kier molecular flexibility index (Phi) is 3.65. The first kappa shape index (κ1) is 15.6. The fourth-order valence-corrected chi connectivity index (χ4v) is 3.63. The summed E-state index contributed by atoms with van der Waals surface area (Å²) in [6.45, 7) is 3.34. The summed E-state index contributed by atoms with van der Waals surface area (Å²) in [6.07, 6.45) is 0. The molecule has 2 amide bonds. The van der Waals surface area contributed by atoms with Crippen LogP contribution < -0.4 is 10.2 Å². The molecule has 1 atom stereocenters. The fourth-order valence-electron chi connectivity index (χ4n) is 3.33. The molecule has 3 rings (SSSR count). The number of amides is 2. The van der Waals surface area contributed by atoms with Gasteiger partial charge in [-0.25, -0.2) is 0 Å². The molecular formula is C18H17ClN2O2. The summed E-state index contributed by atoms with van der Waals surface area (Å²) in [6, 6.07) is 12.9. The van der Waals surface area contributed by atoms with Gasteiger partial charge in [0.25, 0.3) is 5.91 Å². The van der Waals surface area contributed by atoms with E-state index in [0.717, 1.165) is 11.1 Å². The number of rotatable bonds is 2. The molecule has 0 aliphatic carbocycles. The Morgan fingerprint density at radius 2 is 1.78 bits per heavy atom. The summed E-state index contributed by atoms with van der Waals surface area (Å²) in [5, 5.41) is 3.37. The van der Waals surface area contributed by atoms with Crippen LogP contribution in [-0.2, 0) is 15.1 Å². The van der Waals surface area contributed by atoms with E-state index in [1.807, 2.05) is 37.3 Å². The maximum atomic E-state index is 13.2. The lowest BCUT2D eigenvalue weighted by Crippen LogP contribution is -2.53. The molecule has 1 heterocycles. The standard InChI is InChI=1S/C18H17ClN2O2/c1-11-7-4-5-8-13(11)18(20-12(2)22)14-9-6-10-15(19)16(14)21(3)17(18)23/h4-10H,1-3H3,(H,20,22). The average Bonchev–Trinajstić information content (AvgIpc) is 2.71. The molecule has 1 unspecified atom stereocenters. The number of nitrogens with zero attached hydrogens (tertiary/aromatic N) is 1. The van der Waals surface area contributed by atoms with Gasteiger partial charge >= 0.3 is 0 Å². The topological polar surface area (TPSA) is 49.4 Å². The summed E-state index contributed by atoms with van der Waals surface area (Å²) in [5.74, 6) is -0.493. The Balaban J connectivity index is 2.39. The number of aryl methyl sites for hydroxylation is 1. The number of nitrogens with one attached hydrogen (secondary N) is 1. The van der Waals surface area contributed by atoms with Gasteiger partial charge in [-0.1, -0.05) is 48.0 Å².